The molecule has 0 aromatic carbocycles. The van der Waals surface area contributed by atoms with Crippen LogP contribution in [-0.2, 0) is 9.59 Å². The lowest BCUT2D eigenvalue weighted by Gasteiger charge is -2.01. The standard InChI is InChI=1S/C6H10NO2/c1-5(2)6(9)7-3-4-8/h5H,3H2,1-2H3,(H,7,9). The van der Waals surface area contributed by atoms with Gasteiger partial charge in [0.05, 0.1) is 6.54 Å². The normalized spacial score (nSPS) is 9.22. The van der Waals surface area contributed by atoms with Gasteiger partial charge < -0.3 is 5.32 Å². The van der Waals surface area contributed by atoms with Crippen LogP contribution in [0.25, 0.3) is 0 Å². The number of hydrogen-bond donors (Lipinski definition) is 1. The van der Waals surface area contributed by atoms with E-state index in [1.165, 1.54) is 0 Å². The van der Waals surface area contributed by atoms with Gasteiger partial charge >= 0.3 is 0 Å². The lowest BCUT2D eigenvalue weighted by Crippen LogP contribution is -2.28. The molecule has 51 valence electrons. The van der Waals surface area contributed by atoms with E-state index >= 15 is 0 Å². The van der Waals surface area contributed by atoms with Crippen LogP contribution in [0.1, 0.15) is 13.8 Å². The second-order valence-corrected chi connectivity index (χ2v) is 2.02. The largest absolute Gasteiger partial charge is 0.348 e. The van der Waals surface area contributed by atoms with E-state index in [0.29, 0.717) is 0 Å². The van der Waals surface area contributed by atoms with Crippen LogP contribution in [0, 0.1) is 5.92 Å². The van der Waals surface area contributed by atoms with Gasteiger partial charge in [-0.3, -0.25) is 9.59 Å². The zero-order valence-corrected chi connectivity index (χ0v) is 5.60. The van der Waals surface area contributed by atoms with Crippen molar-refractivity contribution in [3.05, 3.63) is 0 Å². The molecular weight excluding hydrogens is 118 g/mol. The van der Waals surface area contributed by atoms with Crippen molar-refractivity contribution in [1.29, 1.82) is 0 Å². The van der Waals surface area contributed by atoms with Gasteiger partial charge in [0.2, 0.25) is 12.2 Å². The Bertz CT molecular complexity index is 110. The van der Waals surface area contributed by atoms with Crippen LogP contribution < -0.4 is 5.32 Å². The summed E-state index contributed by atoms with van der Waals surface area (Å²) in [5.41, 5.74) is 0. The minimum atomic E-state index is -0.113. The molecule has 0 rings (SSSR count). The lowest BCUT2D eigenvalue weighted by molar-refractivity contribution is -0.123. The van der Waals surface area contributed by atoms with E-state index in [2.05, 4.69) is 5.32 Å². The summed E-state index contributed by atoms with van der Waals surface area (Å²) in [6.07, 6.45) is 1.57. The second-order valence-electron chi connectivity index (χ2n) is 2.02. The van der Waals surface area contributed by atoms with Gasteiger partial charge in [0, 0.05) is 5.92 Å². The minimum Gasteiger partial charge on any atom is -0.348 e. The summed E-state index contributed by atoms with van der Waals surface area (Å²) in [6, 6.07) is 0. The van der Waals surface area contributed by atoms with Crippen LogP contribution in [0.15, 0.2) is 0 Å². The molecule has 1 N–H and O–H groups in total. The molecule has 0 aromatic heterocycles. The number of amides is 1. The number of rotatable bonds is 3. The Morgan fingerprint density at radius 3 is 2.56 bits per heavy atom. The van der Waals surface area contributed by atoms with E-state index in [0.717, 1.165) is 0 Å². The quantitative estimate of drug-likeness (QED) is 0.575. The number of carbonyl (C=O) groups excluding carboxylic acids is 2. The van der Waals surface area contributed by atoms with Gasteiger partial charge in [-0.15, -0.1) is 0 Å². The molecule has 0 bridgehead atoms. The van der Waals surface area contributed by atoms with Crippen LogP contribution in [0.5, 0.6) is 0 Å². The van der Waals surface area contributed by atoms with Crippen molar-refractivity contribution < 1.29 is 9.59 Å². The molecule has 0 aromatic rings. The van der Waals surface area contributed by atoms with Crippen molar-refractivity contribution in [2.45, 2.75) is 13.8 Å². The molecule has 0 heterocycles. The number of nitrogens with one attached hydrogen (secondary N) is 1. The Hall–Kier alpha value is -0.860. The molecule has 1 amide bonds. The Kier molecular flexibility index (Phi) is 3.67. The molecule has 0 atom stereocenters. The van der Waals surface area contributed by atoms with Gasteiger partial charge in [-0.2, -0.15) is 0 Å². The fourth-order valence-electron chi connectivity index (χ4n) is 0.327. The third kappa shape index (κ3) is 3.70. The Morgan fingerprint density at radius 1 is 1.67 bits per heavy atom. The predicted molar refractivity (Wildman–Crippen MR) is 33.5 cm³/mol. The maximum atomic E-state index is 10.6. The highest BCUT2D eigenvalue weighted by atomic mass is 16.2. The molecule has 3 heteroatoms. The van der Waals surface area contributed by atoms with Crippen molar-refractivity contribution >= 4 is 12.2 Å². The highest BCUT2D eigenvalue weighted by molar-refractivity contribution is 5.79. The third-order valence-corrected chi connectivity index (χ3v) is 0.859. The molecule has 0 unspecified atom stereocenters. The summed E-state index contributed by atoms with van der Waals surface area (Å²) >= 11 is 0. The molecule has 3 nitrogen and oxygen atoms in total. The molecule has 0 spiro atoms. The fraction of sp³-hybridized carbons (Fsp3) is 0.667. The van der Waals surface area contributed by atoms with Gasteiger partial charge in [-0.25, -0.2) is 0 Å². The molecule has 0 saturated carbocycles. The highest BCUT2D eigenvalue weighted by Gasteiger charge is 2.03. The lowest BCUT2D eigenvalue weighted by atomic mass is 10.2. The number of carbonyl (C=O) groups is 1. The van der Waals surface area contributed by atoms with Gasteiger partial charge in [0.15, 0.2) is 0 Å². The summed E-state index contributed by atoms with van der Waals surface area (Å²) in [4.78, 5) is 20.2. The molecule has 0 saturated heterocycles. The van der Waals surface area contributed by atoms with Crippen molar-refractivity contribution in [3.8, 4) is 0 Å². The van der Waals surface area contributed by atoms with Crippen LogP contribution in [0.3, 0.4) is 0 Å². The van der Waals surface area contributed by atoms with Crippen molar-refractivity contribution in [2.75, 3.05) is 6.54 Å². The first-order valence-electron chi connectivity index (χ1n) is 2.81. The van der Waals surface area contributed by atoms with Crippen LogP contribution in [0.2, 0.25) is 0 Å². The molecule has 0 fully saturated rings. The van der Waals surface area contributed by atoms with Gasteiger partial charge in [0.1, 0.15) is 0 Å². The van der Waals surface area contributed by atoms with Crippen molar-refractivity contribution in [3.63, 3.8) is 0 Å². The van der Waals surface area contributed by atoms with E-state index in [4.69, 9.17) is 0 Å². The van der Waals surface area contributed by atoms with Crippen molar-refractivity contribution in [1.82, 2.24) is 5.32 Å². The maximum absolute atomic E-state index is 10.6. The monoisotopic (exact) mass is 128 g/mol. The van der Waals surface area contributed by atoms with Gasteiger partial charge in [-0.1, -0.05) is 13.8 Å². The summed E-state index contributed by atoms with van der Waals surface area (Å²) < 4.78 is 0. The van der Waals surface area contributed by atoms with E-state index in [-0.39, 0.29) is 18.4 Å². The average molecular weight is 128 g/mol. The fourth-order valence-corrected chi connectivity index (χ4v) is 0.327. The first-order chi connectivity index (χ1) is 4.18. The Labute approximate surface area is 54.4 Å². The highest BCUT2D eigenvalue weighted by Crippen LogP contribution is 1.88. The Morgan fingerprint density at radius 2 is 2.22 bits per heavy atom. The summed E-state index contributed by atoms with van der Waals surface area (Å²) in [7, 11) is 0. The zero-order valence-electron chi connectivity index (χ0n) is 5.60. The predicted octanol–water partition coefficient (Wildman–Crippen LogP) is -0.132. The smallest absolute Gasteiger partial charge is 0.222 e. The number of hydrogen-bond acceptors (Lipinski definition) is 2. The van der Waals surface area contributed by atoms with Crippen LogP contribution >= 0.6 is 0 Å². The maximum Gasteiger partial charge on any atom is 0.222 e. The molecular formula is C6H10NO2. The van der Waals surface area contributed by atoms with E-state index in [1.807, 2.05) is 0 Å². The molecule has 0 aliphatic carbocycles. The summed E-state index contributed by atoms with van der Waals surface area (Å²) in [5.74, 6) is -0.170. The first kappa shape index (κ1) is 8.14. The SMILES string of the molecule is CC(C)C(=O)NC[C]=O. The summed E-state index contributed by atoms with van der Waals surface area (Å²) in [6.45, 7) is 3.53. The van der Waals surface area contributed by atoms with Crippen LogP contribution in [0.4, 0.5) is 0 Å². The van der Waals surface area contributed by atoms with Crippen LogP contribution in [-0.4, -0.2) is 18.7 Å². The topological polar surface area (TPSA) is 46.2 Å². The second kappa shape index (κ2) is 4.06. The summed E-state index contributed by atoms with van der Waals surface area (Å²) in [5, 5.41) is 2.37. The Balaban J connectivity index is 3.38. The van der Waals surface area contributed by atoms with E-state index < -0.39 is 0 Å². The average Bonchev–Trinajstić information content (AvgIpc) is 1.82. The third-order valence-electron chi connectivity index (χ3n) is 0.859. The van der Waals surface area contributed by atoms with E-state index in [9.17, 15) is 9.59 Å². The molecule has 9 heavy (non-hydrogen) atoms. The molecule has 0 aliphatic heterocycles. The zero-order chi connectivity index (χ0) is 7.28. The van der Waals surface area contributed by atoms with Gasteiger partial charge in [0.25, 0.3) is 0 Å². The molecule has 0 aliphatic rings. The van der Waals surface area contributed by atoms with Crippen molar-refractivity contribution in [2.24, 2.45) is 5.92 Å². The molecule has 1 radical (unpaired) electrons. The van der Waals surface area contributed by atoms with E-state index in [1.54, 1.807) is 20.1 Å². The first-order valence-corrected chi connectivity index (χ1v) is 2.81. The minimum absolute atomic E-state index is 0.00296. The van der Waals surface area contributed by atoms with Gasteiger partial charge in [-0.05, 0) is 0 Å².